The average molecular weight is 205 g/mol. The molecule has 3 heteroatoms. The van der Waals surface area contributed by atoms with Crippen molar-refractivity contribution in [3.05, 3.63) is 0 Å². The van der Waals surface area contributed by atoms with Crippen LogP contribution in [0.1, 0.15) is 20.8 Å². The highest BCUT2D eigenvalue weighted by molar-refractivity contribution is 7.99. The minimum Gasteiger partial charge on any atom is -0.383 e. The summed E-state index contributed by atoms with van der Waals surface area (Å²) in [6, 6.07) is 0.477. The minimum atomic E-state index is 0.477. The van der Waals surface area contributed by atoms with Gasteiger partial charge >= 0.3 is 0 Å². The molecule has 0 rings (SSSR count). The Balaban J connectivity index is 3.06. The molecule has 2 nitrogen and oxygen atoms in total. The van der Waals surface area contributed by atoms with Gasteiger partial charge in [-0.2, -0.15) is 11.8 Å². The molecule has 0 aliphatic heterocycles. The van der Waals surface area contributed by atoms with E-state index in [4.69, 9.17) is 4.74 Å². The van der Waals surface area contributed by atoms with Crippen LogP contribution in [-0.4, -0.2) is 37.8 Å². The van der Waals surface area contributed by atoms with E-state index in [0.717, 1.165) is 19.1 Å². The third kappa shape index (κ3) is 10.2. The second-order valence-electron chi connectivity index (χ2n) is 3.78. The van der Waals surface area contributed by atoms with Crippen molar-refractivity contribution < 1.29 is 4.74 Å². The number of hydrogen-bond acceptors (Lipinski definition) is 3. The van der Waals surface area contributed by atoms with Gasteiger partial charge in [-0.05, 0) is 18.6 Å². The lowest BCUT2D eigenvalue weighted by atomic mass is 10.3. The monoisotopic (exact) mass is 205 g/mol. The molecule has 0 fully saturated rings. The van der Waals surface area contributed by atoms with Gasteiger partial charge in [-0.3, -0.25) is 0 Å². The molecule has 1 N–H and O–H groups in total. The Labute approximate surface area is 86.8 Å². The van der Waals surface area contributed by atoms with Crippen LogP contribution in [0.2, 0.25) is 0 Å². The van der Waals surface area contributed by atoms with E-state index in [9.17, 15) is 0 Å². The molecule has 0 aromatic carbocycles. The van der Waals surface area contributed by atoms with Crippen molar-refractivity contribution in [2.24, 2.45) is 5.92 Å². The van der Waals surface area contributed by atoms with Crippen molar-refractivity contribution >= 4 is 11.8 Å². The molecular weight excluding hydrogens is 182 g/mol. The molecule has 0 aliphatic rings. The van der Waals surface area contributed by atoms with Gasteiger partial charge in [0.25, 0.3) is 0 Å². The van der Waals surface area contributed by atoms with E-state index < -0.39 is 0 Å². The molecule has 0 aromatic heterocycles. The number of methoxy groups -OCH3 is 1. The summed E-state index contributed by atoms with van der Waals surface area (Å²) in [5.74, 6) is 3.27. The normalized spacial score (nSPS) is 13.6. The van der Waals surface area contributed by atoms with Gasteiger partial charge in [-0.1, -0.05) is 13.8 Å². The largest absolute Gasteiger partial charge is 0.383 e. The van der Waals surface area contributed by atoms with Gasteiger partial charge in [0.05, 0.1) is 6.61 Å². The van der Waals surface area contributed by atoms with Crippen LogP contribution in [0.15, 0.2) is 0 Å². The summed E-state index contributed by atoms with van der Waals surface area (Å²) in [6.07, 6.45) is 0. The fourth-order valence-electron chi connectivity index (χ4n) is 1.01. The van der Waals surface area contributed by atoms with Gasteiger partial charge in [-0.15, -0.1) is 0 Å². The molecule has 0 aliphatic carbocycles. The summed E-state index contributed by atoms with van der Waals surface area (Å²) in [5.41, 5.74) is 0. The highest BCUT2D eigenvalue weighted by atomic mass is 32.2. The Hall–Kier alpha value is 0.270. The molecular formula is C10H23NOS. The highest BCUT2D eigenvalue weighted by Crippen LogP contribution is 2.05. The first-order valence-electron chi connectivity index (χ1n) is 4.97. The van der Waals surface area contributed by atoms with Crippen molar-refractivity contribution in [3.8, 4) is 0 Å². The van der Waals surface area contributed by atoms with E-state index in [1.807, 2.05) is 11.8 Å². The van der Waals surface area contributed by atoms with Gasteiger partial charge in [0.2, 0.25) is 0 Å². The van der Waals surface area contributed by atoms with Crippen molar-refractivity contribution in [2.45, 2.75) is 26.8 Å². The Morgan fingerprint density at radius 1 is 1.31 bits per heavy atom. The Morgan fingerprint density at radius 3 is 2.54 bits per heavy atom. The van der Waals surface area contributed by atoms with E-state index >= 15 is 0 Å². The molecule has 0 saturated heterocycles. The number of ether oxygens (including phenoxy) is 1. The van der Waals surface area contributed by atoms with Crippen molar-refractivity contribution in [1.82, 2.24) is 5.32 Å². The smallest absolute Gasteiger partial charge is 0.0613 e. The second-order valence-corrected chi connectivity index (χ2v) is 4.93. The Morgan fingerprint density at radius 2 is 2.00 bits per heavy atom. The lowest BCUT2D eigenvalue weighted by Crippen LogP contribution is -2.31. The fraction of sp³-hybridized carbons (Fsp3) is 1.00. The van der Waals surface area contributed by atoms with E-state index in [2.05, 4.69) is 26.1 Å². The summed E-state index contributed by atoms with van der Waals surface area (Å²) in [4.78, 5) is 0. The van der Waals surface area contributed by atoms with Crippen molar-refractivity contribution in [2.75, 3.05) is 31.8 Å². The summed E-state index contributed by atoms with van der Waals surface area (Å²) in [5, 5.41) is 3.41. The minimum absolute atomic E-state index is 0.477. The third-order valence-electron chi connectivity index (χ3n) is 1.61. The van der Waals surface area contributed by atoms with Crippen LogP contribution in [0.3, 0.4) is 0 Å². The molecule has 0 aromatic rings. The standard InChI is InChI=1S/C10H23NOS/c1-9(2)8-13-6-5-11-10(3)7-12-4/h9-11H,5-8H2,1-4H3. The van der Waals surface area contributed by atoms with E-state index in [1.165, 1.54) is 11.5 Å². The predicted molar refractivity (Wildman–Crippen MR) is 61.5 cm³/mol. The lowest BCUT2D eigenvalue weighted by molar-refractivity contribution is 0.173. The molecule has 0 radical (unpaired) electrons. The molecule has 0 saturated carbocycles. The summed E-state index contributed by atoms with van der Waals surface area (Å²) < 4.78 is 5.03. The van der Waals surface area contributed by atoms with Gasteiger partial charge in [0.1, 0.15) is 0 Å². The average Bonchev–Trinajstić information content (AvgIpc) is 2.03. The van der Waals surface area contributed by atoms with Crippen LogP contribution in [0.5, 0.6) is 0 Å². The quantitative estimate of drug-likeness (QED) is 0.612. The van der Waals surface area contributed by atoms with Gasteiger partial charge in [-0.25, -0.2) is 0 Å². The van der Waals surface area contributed by atoms with Gasteiger partial charge in [0.15, 0.2) is 0 Å². The molecule has 13 heavy (non-hydrogen) atoms. The van der Waals surface area contributed by atoms with Crippen LogP contribution in [0.25, 0.3) is 0 Å². The zero-order valence-corrected chi connectivity index (χ0v) is 10.1. The SMILES string of the molecule is COCC(C)NCCSCC(C)C. The molecule has 1 unspecified atom stereocenters. The number of nitrogens with one attached hydrogen (secondary N) is 1. The number of rotatable bonds is 8. The zero-order valence-electron chi connectivity index (χ0n) is 9.30. The maximum Gasteiger partial charge on any atom is 0.0613 e. The van der Waals surface area contributed by atoms with E-state index in [-0.39, 0.29) is 0 Å². The lowest BCUT2D eigenvalue weighted by Gasteiger charge is -2.12. The molecule has 0 amide bonds. The second kappa shape index (κ2) is 8.85. The van der Waals surface area contributed by atoms with E-state index in [0.29, 0.717) is 6.04 Å². The molecule has 0 heterocycles. The zero-order chi connectivity index (χ0) is 10.1. The van der Waals surface area contributed by atoms with Gasteiger partial charge < -0.3 is 10.1 Å². The fourth-order valence-corrected chi connectivity index (χ4v) is 1.91. The first kappa shape index (κ1) is 13.3. The van der Waals surface area contributed by atoms with Crippen molar-refractivity contribution in [1.29, 1.82) is 0 Å². The summed E-state index contributed by atoms with van der Waals surface area (Å²) >= 11 is 2.02. The maximum absolute atomic E-state index is 5.03. The molecule has 0 spiro atoms. The Kier molecular flexibility index (Phi) is 9.03. The predicted octanol–water partition coefficient (Wildman–Crippen LogP) is 2.00. The molecule has 0 bridgehead atoms. The first-order valence-corrected chi connectivity index (χ1v) is 6.12. The Bertz CT molecular complexity index is 109. The van der Waals surface area contributed by atoms with Crippen LogP contribution in [0, 0.1) is 5.92 Å². The summed E-state index contributed by atoms with van der Waals surface area (Å²) in [6.45, 7) is 8.55. The molecule has 80 valence electrons. The van der Waals surface area contributed by atoms with Crippen LogP contribution in [-0.2, 0) is 4.74 Å². The summed E-state index contributed by atoms with van der Waals surface area (Å²) in [7, 11) is 1.74. The van der Waals surface area contributed by atoms with Crippen LogP contribution >= 0.6 is 11.8 Å². The van der Waals surface area contributed by atoms with Crippen LogP contribution in [0.4, 0.5) is 0 Å². The topological polar surface area (TPSA) is 21.3 Å². The first-order chi connectivity index (χ1) is 6.16. The number of thioether (sulfide) groups is 1. The van der Waals surface area contributed by atoms with Crippen molar-refractivity contribution in [3.63, 3.8) is 0 Å². The van der Waals surface area contributed by atoms with Crippen LogP contribution < -0.4 is 5.32 Å². The number of hydrogen-bond donors (Lipinski definition) is 1. The van der Waals surface area contributed by atoms with Gasteiger partial charge in [0, 0.05) is 25.4 Å². The molecule has 1 atom stereocenters. The van der Waals surface area contributed by atoms with E-state index in [1.54, 1.807) is 7.11 Å². The highest BCUT2D eigenvalue weighted by Gasteiger charge is 1.99. The maximum atomic E-state index is 5.03. The third-order valence-corrected chi connectivity index (χ3v) is 3.00.